The number of hydrazone groups is 1. The lowest BCUT2D eigenvalue weighted by Gasteiger charge is -2.31. The average molecular weight is 401 g/mol. The van der Waals surface area contributed by atoms with Crippen molar-refractivity contribution in [3.05, 3.63) is 70.2 Å². The first-order chi connectivity index (χ1) is 12.0. The summed E-state index contributed by atoms with van der Waals surface area (Å²) in [7, 11) is 0. The molecule has 5 heteroatoms. The predicted octanol–water partition coefficient (Wildman–Crippen LogP) is 4.23. The molecule has 0 bridgehead atoms. The fraction of sp³-hybridized carbons (Fsp3) is 0.300. The summed E-state index contributed by atoms with van der Waals surface area (Å²) in [5.74, 6) is -0.154. The van der Waals surface area contributed by atoms with Gasteiger partial charge in [-0.25, -0.2) is 0 Å². The van der Waals surface area contributed by atoms with Gasteiger partial charge >= 0.3 is 0 Å². The molecule has 0 saturated heterocycles. The third kappa shape index (κ3) is 3.99. The second-order valence-electron chi connectivity index (χ2n) is 6.38. The minimum absolute atomic E-state index is 0.154. The molecule has 0 aliphatic carbocycles. The molecule has 0 spiro atoms. The summed E-state index contributed by atoms with van der Waals surface area (Å²) >= 11 is 3.39. The Bertz CT molecular complexity index is 774. The highest BCUT2D eigenvalue weighted by Gasteiger charge is 2.44. The summed E-state index contributed by atoms with van der Waals surface area (Å²) in [6.07, 6.45) is 2.24. The lowest BCUT2D eigenvalue weighted by Crippen LogP contribution is -2.43. The predicted molar refractivity (Wildman–Crippen MR) is 102 cm³/mol. The molecule has 4 nitrogen and oxygen atoms in total. The highest BCUT2D eigenvalue weighted by Crippen LogP contribution is 2.36. The molecule has 0 radical (unpaired) electrons. The van der Waals surface area contributed by atoms with Gasteiger partial charge in [0.25, 0.3) is 0 Å². The Labute approximate surface area is 156 Å². The Kier molecular flexibility index (Phi) is 5.35. The van der Waals surface area contributed by atoms with E-state index in [1.165, 1.54) is 10.6 Å². The Morgan fingerprint density at radius 1 is 1.20 bits per heavy atom. The van der Waals surface area contributed by atoms with E-state index < -0.39 is 5.72 Å². The maximum atomic E-state index is 12.7. The molecule has 3 rings (SSSR count). The average Bonchev–Trinajstić information content (AvgIpc) is 2.92. The van der Waals surface area contributed by atoms with Gasteiger partial charge in [-0.2, -0.15) is 10.1 Å². The monoisotopic (exact) mass is 400 g/mol. The van der Waals surface area contributed by atoms with Crippen LogP contribution in [-0.2, 0) is 16.9 Å². The van der Waals surface area contributed by atoms with Crippen LogP contribution >= 0.6 is 15.9 Å². The van der Waals surface area contributed by atoms with Gasteiger partial charge in [-0.05, 0) is 37.5 Å². The van der Waals surface area contributed by atoms with Crippen molar-refractivity contribution in [2.45, 2.75) is 38.3 Å². The second-order valence-corrected chi connectivity index (χ2v) is 7.30. The molecule has 2 aromatic carbocycles. The second kappa shape index (κ2) is 7.50. The molecule has 1 amide bonds. The molecule has 1 N–H and O–H groups in total. The molecular formula is C20H21BrN2O2. The molecule has 0 unspecified atom stereocenters. The lowest BCUT2D eigenvalue weighted by atomic mass is 9.97. The van der Waals surface area contributed by atoms with Gasteiger partial charge in [0.05, 0.1) is 0 Å². The highest BCUT2D eigenvalue weighted by atomic mass is 79.9. The molecule has 1 heterocycles. The summed E-state index contributed by atoms with van der Waals surface area (Å²) in [5, 5.41) is 16.7. The maximum Gasteiger partial charge on any atom is 0.245 e. The third-order valence-electron chi connectivity index (χ3n) is 4.37. The molecule has 1 aliphatic heterocycles. The molecule has 130 valence electrons. The number of amides is 1. The zero-order chi connectivity index (χ0) is 17.9. The van der Waals surface area contributed by atoms with Crippen LogP contribution in [0, 0.1) is 0 Å². The number of rotatable bonds is 5. The number of benzene rings is 2. The zero-order valence-corrected chi connectivity index (χ0v) is 15.7. The SMILES string of the molecule is CC1=NN(C(=O)CCCc2ccccc2)[C@@](O)(c2ccc(Br)cc2)C1. The number of carbonyl (C=O) groups excluding carboxylic acids is 1. The fourth-order valence-corrected chi connectivity index (χ4v) is 3.38. The van der Waals surface area contributed by atoms with E-state index in [0.717, 1.165) is 23.0 Å². The molecule has 25 heavy (non-hydrogen) atoms. The topological polar surface area (TPSA) is 52.9 Å². The largest absolute Gasteiger partial charge is 0.365 e. The molecule has 2 aromatic rings. The zero-order valence-electron chi connectivity index (χ0n) is 14.2. The number of aliphatic hydroxyl groups is 1. The van der Waals surface area contributed by atoms with Crippen LogP contribution in [0.15, 0.2) is 64.2 Å². The van der Waals surface area contributed by atoms with E-state index in [2.05, 4.69) is 33.2 Å². The minimum atomic E-state index is -1.39. The summed E-state index contributed by atoms with van der Waals surface area (Å²) in [6, 6.07) is 17.5. The number of hydrogen-bond donors (Lipinski definition) is 1. The van der Waals surface area contributed by atoms with Crippen molar-refractivity contribution < 1.29 is 9.90 Å². The van der Waals surface area contributed by atoms with Crippen LogP contribution in [-0.4, -0.2) is 21.7 Å². The van der Waals surface area contributed by atoms with Gasteiger partial charge in [-0.3, -0.25) is 4.79 Å². The third-order valence-corrected chi connectivity index (χ3v) is 4.89. The number of halogens is 1. The van der Waals surface area contributed by atoms with Crippen molar-refractivity contribution in [3.8, 4) is 0 Å². The number of hydrogen-bond acceptors (Lipinski definition) is 3. The smallest absolute Gasteiger partial charge is 0.245 e. The molecule has 0 fully saturated rings. The van der Waals surface area contributed by atoms with E-state index in [4.69, 9.17) is 0 Å². The van der Waals surface area contributed by atoms with Gasteiger partial charge in [0.1, 0.15) is 0 Å². The van der Waals surface area contributed by atoms with Crippen molar-refractivity contribution in [2.24, 2.45) is 5.10 Å². The van der Waals surface area contributed by atoms with Gasteiger partial charge in [0, 0.05) is 28.6 Å². The minimum Gasteiger partial charge on any atom is -0.365 e. The quantitative estimate of drug-likeness (QED) is 0.816. The van der Waals surface area contributed by atoms with Crippen molar-refractivity contribution in [1.82, 2.24) is 5.01 Å². The first kappa shape index (κ1) is 17.8. The first-order valence-electron chi connectivity index (χ1n) is 8.38. The Hall–Kier alpha value is -1.98. The summed E-state index contributed by atoms with van der Waals surface area (Å²) in [6.45, 7) is 1.83. The van der Waals surface area contributed by atoms with E-state index in [9.17, 15) is 9.90 Å². The van der Waals surface area contributed by atoms with E-state index in [1.54, 1.807) is 0 Å². The van der Waals surface area contributed by atoms with Gasteiger partial charge in [-0.15, -0.1) is 0 Å². The van der Waals surface area contributed by atoms with Crippen LogP contribution in [0.4, 0.5) is 0 Å². The molecule has 1 aliphatic rings. The van der Waals surface area contributed by atoms with Crippen molar-refractivity contribution >= 4 is 27.5 Å². The summed E-state index contributed by atoms with van der Waals surface area (Å²) in [4.78, 5) is 12.7. The first-order valence-corrected chi connectivity index (χ1v) is 9.18. The van der Waals surface area contributed by atoms with E-state index >= 15 is 0 Å². The maximum absolute atomic E-state index is 12.7. The summed E-state index contributed by atoms with van der Waals surface area (Å²) < 4.78 is 0.927. The number of aryl methyl sites for hydroxylation is 1. The molecule has 0 aromatic heterocycles. The molecular weight excluding hydrogens is 380 g/mol. The Morgan fingerprint density at radius 3 is 2.56 bits per heavy atom. The van der Waals surface area contributed by atoms with Gasteiger partial charge in [-0.1, -0.05) is 58.4 Å². The van der Waals surface area contributed by atoms with E-state index in [-0.39, 0.29) is 5.91 Å². The molecule has 1 atom stereocenters. The van der Waals surface area contributed by atoms with Crippen molar-refractivity contribution in [2.75, 3.05) is 0 Å². The van der Waals surface area contributed by atoms with Gasteiger partial charge in [0.15, 0.2) is 5.72 Å². The fourth-order valence-electron chi connectivity index (χ4n) is 3.12. The van der Waals surface area contributed by atoms with Gasteiger partial charge < -0.3 is 5.11 Å². The summed E-state index contributed by atoms with van der Waals surface area (Å²) in [5.41, 5.74) is 1.24. The van der Waals surface area contributed by atoms with Crippen molar-refractivity contribution in [1.29, 1.82) is 0 Å². The van der Waals surface area contributed by atoms with Gasteiger partial charge in [0.2, 0.25) is 5.91 Å². The highest BCUT2D eigenvalue weighted by molar-refractivity contribution is 9.10. The van der Waals surface area contributed by atoms with E-state index in [1.807, 2.05) is 49.4 Å². The van der Waals surface area contributed by atoms with Crippen LogP contribution in [0.5, 0.6) is 0 Å². The van der Waals surface area contributed by atoms with Crippen LogP contribution in [0.1, 0.15) is 37.3 Å². The van der Waals surface area contributed by atoms with Crippen LogP contribution in [0.3, 0.4) is 0 Å². The standard InChI is InChI=1S/C20H21BrN2O2/c1-15-14-20(25,17-10-12-18(21)13-11-17)23(22-15)19(24)9-5-8-16-6-3-2-4-7-16/h2-4,6-7,10-13,25H,5,8-9,14H2,1H3/t20-/m0/s1. The number of carbonyl (C=O) groups is 1. The normalized spacial score (nSPS) is 19.8. The van der Waals surface area contributed by atoms with Crippen LogP contribution in [0.2, 0.25) is 0 Å². The van der Waals surface area contributed by atoms with E-state index in [0.29, 0.717) is 18.4 Å². The Balaban J connectivity index is 1.69. The lowest BCUT2D eigenvalue weighted by molar-refractivity contribution is -0.157. The Morgan fingerprint density at radius 2 is 1.88 bits per heavy atom. The van der Waals surface area contributed by atoms with Crippen LogP contribution in [0.25, 0.3) is 0 Å². The van der Waals surface area contributed by atoms with Crippen LogP contribution < -0.4 is 0 Å². The van der Waals surface area contributed by atoms with Crippen molar-refractivity contribution in [3.63, 3.8) is 0 Å². The number of nitrogens with zero attached hydrogens (tertiary/aromatic N) is 2. The molecule has 0 saturated carbocycles.